The second-order valence-corrected chi connectivity index (χ2v) is 9.62. The molecular weight excluding hydrogens is 555 g/mol. The van der Waals surface area contributed by atoms with E-state index in [2.05, 4.69) is 10.6 Å². The Bertz CT molecular complexity index is 1370. The molecule has 3 aromatic rings. The van der Waals surface area contributed by atoms with Crippen LogP contribution in [-0.4, -0.2) is 24.8 Å². The van der Waals surface area contributed by atoms with Gasteiger partial charge in [-0.1, -0.05) is 71.2 Å². The van der Waals surface area contributed by atoms with Gasteiger partial charge in [0.2, 0.25) is 0 Å². The molecule has 0 unspecified atom stereocenters. The zero-order chi connectivity index (χ0) is 26.5. The third kappa shape index (κ3) is 6.13. The van der Waals surface area contributed by atoms with Crippen LogP contribution in [0.2, 0.25) is 15.1 Å². The fourth-order valence-electron chi connectivity index (χ4n) is 3.91. The van der Waals surface area contributed by atoms with E-state index in [9.17, 15) is 4.79 Å². The SMILES string of the molecule is CCOC(=O)C1=C(c2ccccc2)NC(=S)N[C@@H]1c1cc(Cl)c(OCc2ccc(Cl)cc2Cl)c(OC)c1. The van der Waals surface area contributed by atoms with Crippen molar-refractivity contribution in [1.82, 2.24) is 10.6 Å². The average molecular weight is 578 g/mol. The predicted molar refractivity (Wildman–Crippen MR) is 150 cm³/mol. The van der Waals surface area contributed by atoms with E-state index >= 15 is 0 Å². The van der Waals surface area contributed by atoms with Gasteiger partial charge in [0.15, 0.2) is 16.6 Å². The molecule has 192 valence electrons. The highest BCUT2D eigenvalue weighted by Crippen LogP contribution is 2.41. The van der Waals surface area contributed by atoms with Gasteiger partial charge in [-0.2, -0.15) is 0 Å². The first-order valence-corrected chi connectivity index (χ1v) is 12.8. The maximum absolute atomic E-state index is 13.2. The maximum Gasteiger partial charge on any atom is 0.338 e. The number of hydrogen-bond acceptors (Lipinski definition) is 5. The second kappa shape index (κ2) is 12.0. The molecule has 0 aromatic heterocycles. The Morgan fingerprint density at radius 1 is 1.03 bits per heavy atom. The molecule has 0 aliphatic carbocycles. The molecule has 1 aliphatic rings. The molecule has 3 aromatic carbocycles. The van der Waals surface area contributed by atoms with E-state index in [4.69, 9.17) is 61.2 Å². The summed E-state index contributed by atoms with van der Waals surface area (Å²) in [6.45, 7) is 2.11. The van der Waals surface area contributed by atoms with Crippen molar-refractivity contribution in [3.8, 4) is 11.5 Å². The summed E-state index contributed by atoms with van der Waals surface area (Å²) >= 11 is 24.4. The molecule has 4 rings (SSSR count). The van der Waals surface area contributed by atoms with Crippen molar-refractivity contribution in [1.29, 1.82) is 0 Å². The maximum atomic E-state index is 13.2. The van der Waals surface area contributed by atoms with Crippen molar-refractivity contribution in [2.45, 2.75) is 19.6 Å². The number of carbonyl (C=O) groups is 1. The minimum atomic E-state index is -0.658. The molecule has 0 amide bonds. The van der Waals surface area contributed by atoms with Crippen molar-refractivity contribution in [3.63, 3.8) is 0 Å². The van der Waals surface area contributed by atoms with Gasteiger partial charge in [0.05, 0.1) is 36.1 Å². The van der Waals surface area contributed by atoms with E-state index in [-0.39, 0.29) is 18.2 Å². The van der Waals surface area contributed by atoms with Crippen molar-refractivity contribution in [3.05, 3.63) is 98.0 Å². The van der Waals surface area contributed by atoms with Gasteiger partial charge in [0, 0.05) is 15.6 Å². The molecule has 0 bridgehead atoms. The lowest BCUT2D eigenvalue weighted by molar-refractivity contribution is -0.138. The Morgan fingerprint density at radius 2 is 1.78 bits per heavy atom. The van der Waals surface area contributed by atoms with Crippen LogP contribution in [0.1, 0.15) is 29.7 Å². The fourth-order valence-corrected chi connectivity index (χ4v) is 4.87. The van der Waals surface area contributed by atoms with Gasteiger partial charge in [0.25, 0.3) is 0 Å². The molecule has 1 aliphatic heterocycles. The van der Waals surface area contributed by atoms with Gasteiger partial charge in [-0.15, -0.1) is 0 Å². The van der Waals surface area contributed by atoms with Crippen LogP contribution in [0, 0.1) is 0 Å². The summed E-state index contributed by atoms with van der Waals surface area (Å²) < 4.78 is 17.0. The number of nitrogens with one attached hydrogen (secondary N) is 2. The normalized spacial score (nSPS) is 15.1. The zero-order valence-corrected chi connectivity index (χ0v) is 23.0. The minimum absolute atomic E-state index is 0.146. The minimum Gasteiger partial charge on any atom is -0.493 e. The standard InChI is InChI=1S/C27H23Cl3N2O4S/c1-3-35-26(33)22-23(15-7-5-4-6-8-15)31-27(37)32-24(22)17-11-20(30)25(21(12-17)34-2)36-14-16-9-10-18(28)13-19(16)29/h4-13,24H,3,14H2,1-2H3,(H2,31,32,37)/t24-/m1/s1. The van der Waals surface area contributed by atoms with Crippen molar-refractivity contribution in [2.24, 2.45) is 0 Å². The van der Waals surface area contributed by atoms with Crippen LogP contribution in [0.15, 0.2) is 66.2 Å². The first-order chi connectivity index (χ1) is 17.8. The van der Waals surface area contributed by atoms with Crippen molar-refractivity contribution < 1.29 is 19.0 Å². The molecule has 1 heterocycles. The van der Waals surface area contributed by atoms with E-state index < -0.39 is 12.0 Å². The van der Waals surface area contributed by atoms with Crippen molar-refractivity contribution in [2.75, 3.05) is 13.7 Å². The van der Waals surface area contributed by atoms with Crippen LogP contribution < -0.4 is 20.1 Å². The summed E-state index contributed by atoms with van der Waals surface area (Å²) in [6.07, 6.45) is 0. The molecule has 0 fully saturated rings. The molecule has 10 heteroatoms. The molecule has 0 saturated heterocycles. The van der Waals surface area contributed by atoms with Gasteiger partial charge in [-0.25, -0.2) is 4.79 Å². The molecule has 0 radical (unpaired) electrons. The molecule has 0 saturated carbocycles. The zero-order valence-electron chi connectivity index (χ0n) is 19.9. The highest BCUT2D eigenvalue weighted by molar-refractivity contribution is 7.80. The summed E-state index contributed by atoms with van der Waals surface area (Å²) in [5, 5.41) is 7.92. The average Bonchev–Trinajstić information content (AvgIpc) is 2.88. The molecule has 37 heavy (non-hydrogen) atoms. The summed E-state index contributed by atoms with van der Waals surface area (Å²) in [7, 11) is 1.51. The predicted octanol–water partition coefficient (Wildman–Crippen LogP) is 6.73. The third-order valence-electron chi connectivity index (χ3n) is 5.60. The number of ether oxygens (including phenoxy) is 3. The summed E-state index contributed by atoms with van der Waals surface area (Å²) in [4.78, 5) is 13.2. The molecular formula is C27H23Cl3N2O4S. The van der Waals surface area contributed by atoms with E-state index in [1.807, 2.05) is 30.3 Å². The van der Waals surface area contributed by atoms with E-state index in [1.165, 1.54) is 7.11 Å². The number of halogens is 3. The van der Waals surface area contributed by atoms with Crippen molar-refractivity contribution >= 4 is 63.8 Å². The number of rotatable bonds is 8. The van der Waals surface area contributed by atoms with E-state index in [0.29, 0.717) is 43.5 Å². The lowest BCUT2D eigenvalue weighted by atomic mass is 9.92. The summed E-state index contributed by atoms with van der Waals surface area (Å²) in [5.41, 5.74) is 3.08. The lowest BCUT2D eigenvalue weighted by Crippen LogP contribution is -2.45. The second-order valence-electron chi connectivity index (χ2n) is 7.97. The number of methoxy groups -OCH3 is 1. The number of thiocarbonyl (C=S) groups is 1. The largest absolute Gasteiger partial charge is 0.493 e. The summed E-state index contributed by atoms with van der Waals surface area (Å²) in [6, 6.07) is 17.4. The van der Waals surface area contributed by atoms with Gasteiger partial charge < -0.3 is 24.8 Å². The Labute approximate surface area is 235 Å². The monoisotopic (exact) mass is 576 g/mol. The van der Waals surface area contributed by atoms with Gasteiger partial charge in [-0.05, 0) is 54.5 Å². The van der Waals surface area contributed by atoms with Crippen LogP contribution >= 0.6 is 47.0 Å². The van der Waals surface area contributed by atoms with Crippen LogP contribution in [0.3, 0.4) is 0 Å². The molecule has 2 N–H and O–H groups in total. The highest BCUT2D eigenvalue weighted by Gasteiger charge is 2.34. The van der Waals surface area contributed by atoms with E-state index in [1.54, 1.807) is 37.3 Å². The third-order valence-corrected chi connectivity index (χ3v) is 6.69. The highest BCUT2D eigenvalue weighted by atomic mass is 35.5. The first-order valence-electron chi connectivity index (χ1n) is 11.3. The van der Waals surface area contributed by atoms with Gasteiger partial charge in [-0.3, -0.25) is 0 Å². The Kier molecular flexibility index (Phi) is 8.82. The number of esters is 1. The topological polar surface area (TPSA) is 68.8 Å². The number of hydrogen-bond donors (Lipinski definition) is 2. The fraction of sp³-hybridized carbons (Fsp3) is 0.185. The lowest BCUT2D eigenvalue weighted by Gasteiger charge is -2.31. The van der Waals surface area contributed by atoms with Crippen LogP contribution in [-0.2, 0) is 16.1 Å². The smallest absolute Gasteiger partial charge is 0.338 e. The van der Waals surface area contributed by atoms with Crippen LogP contribution in [0.4, 0.5) is 0 Å². The van der Waals surface area contributed by atoms with Gasteiger partial charge >= 0.3 is 5.97 Å². The molecule has 6 nitrogen and oxygen atoms in total. The van der Waals surface area contributed by atoms with E-state index in [0.717, 1.165) is 11.1 Å². The Morgan fingerprint density at radius 3 is 2.46 bits per heavy atom. The quantitative estimate of drug-likeness (QED) is 0.227. The Hall–Kier alpha value is -2.97. The number of carbonyl (C=O) groups excluding carboxylic acids is 1. The van der Waals surface area contributed by atoms with Crippen LogP contribution in [0.25, 0.3) is 5.70 Å². The van der Waals surface area contributed by atoms with Crippen LogP contribution in [0.5, 0.6) is 11.5 Å². The molecule has 0 spiro atoms. The number of benzene rings is 3. The summed E-state index contributed by atoms with van der Waals surface area (Å²) in [5.74, 6) is 0.227. The Balaban J connectivity index is 1.75. The van der Waals surface area contributed by atoms with Gasteiger partial charge in [0.1, 0.15) is 6.61 Å². The molecule has 1 atom stereocenters. The first kappa shape index (κ1) is 27.1.